The maximum atomic E-state index is 12.5. The highest BCUT2D eigenvalue weighted by molar-refractivity contribution is 5.92. The first-order valence-electron chi connectivity index (χ1n) is 5.92. The molecule has 1 aliphatic rings. The second-order valence-electron chi connectivity index (χ2n) is 4.42. The highest BCUT2D eigenvalue weighted by atomic mass is 19.3. The third kappa shape index (κ3) is 1.94. The molecule has 0 aliphatic heterocycles. The molecule has 2 aromatic carbocycles. The summed E-state index contributed by atoms with van der Waals surface area (Å²) in [6, 6.07) is 12.0. The Morgan fingerprint density at radius 3 is 2.50 bits per heavy atom. The number of benzene rings is 2. The van der Waals surface area contributed by atoms with E-state index in [4.69, 9.17) is 0 Å². The number of hydrogen-bond acceptors (Lipinski definition) is 0. The van der Waals surface area contributed by atoms with Gasteiger partial charge < -0.3 is 0 Å². The molecule has 3 rings (SSSR count). The quantitative estimate of drug-likeness (QED) is 0.666. The zero-order chi connectivity index (χ0) is 12.5. The fourth-order valence-corrected chi connectivity index (χ4v) is 2.41. The van der Waals surface area contributed by atoms with Gasteiger partial charge in [0.25, 0.3) is 6.43 Å². The summed E-state index contributed by atoms with van der Waals surface area (Å²) in [5, 5.41) is 2.23. The van der Waals surface area contributed by atoms with E-state index in [2.05, 4.69) is 6.07 Å². The molecule has 0 aromatic heterocycles. The summed E-state index contributed by atoms with van der Waals surface area (Å²) in [7, 11) is 0. The average molecular weight is 242 g/mol. The summed E-state index contributed by atoms with van der Waals surface area (Å²) in [6.07, 6.45) is 3.17. The van der Waals surface area contributed by atoms with Gasteiger partial charge in [-0.05, 0) is 52.1 Å². The van der Waals surface area contributed by atoms with E-state index in [0.29, 0.717) is 12.0 Å². The maximum Gasteiger partial charge on any atom is 0.257 e. The molecule has 0 heterocycles. The number of halogens is 2. The Bertz CT molecular complexity index is 651. The van der Waals surface area contributed by atoms with Crippen molar-refractivity contribution in [1.82, 2.24) is 0 Å². The third-order valence-corrected chi connectivity index (χ3v) is 3.23. The zero-order valence-corrected chi connectivity index (χ0v) is 9.74. The predicted octanol–water partition coefficient (Wildman–Crippen LogP) is 4.91. The van der Waals surface area contributed by atoms with Crippen molar-refractivity contribution in [3.8, 4) is 0 Å². The molecule has 0 spiro atoms. The molecular formula is C16H12F2. The maximum absolute atomic E-state index is 12.5. The minimum Gasteiger partial charge on any atom is -0.206 e. The van der Waals surface area contributed by atoms with E-state index in [-0.39, 0.29) is 0 Å². The van der Waals surface area contributed by atoms with Gasteiger partial charge in [-0.1, -0.05) is 36.4 Å². The van der Waals surface area contributed by atoms with Gasteiger partial charge in [-0.25, -0.2) is 8.78 Å². The van der Waals surface area contributed by atoms with Gasteiger partial charge in [0.2, 0.25) is 0 Å². The second-order valence-corrected chi connectivity index (χ2v) is 4.42. The Morgan fingerprint density at radius 1 is 1.06 bits per heavy atom. The van der Waals surface area contributed by atoms with Crippen LogP contribution in [-0.2, 0) is 0 Å². The fraction of sp³-hybridized carbons (Fsp3) is 0.125. The van der Waals surface area contributed by atoms with Crippen LogP contribution in [0.4, 0.5) is 8.78 Å². The van der Waals surface area contributed by atoms with Gasteiger partial charge in [-0.2, -0.15) is 0 Å². The van der Waals surface area contributed by atoms with Crippen LogP contribution < -0.4 is 0 Å². The van der Waals surface area contributed by atoms with E-state index in [1.54, 1.807) is 0 Å². The van der Waals surface area contributed by atoms with Gasteiger partial charge in [-0.15, -0.1) is 0 Å². The summed E-state index contributed by atoms with van der Waals surface area (Å²) >= 11 is 0. The summed E-state index contributed by atoms with van der Waals surface area (Å²) in [5.41, 5.74) is 2.66. The summed E-state index contributed by atoms with van der Waals surface area (Å²) in [5.74, 6) is 0. The second kappa shape index (κ2) is 4.37. The molecule has 0 radical (unpaired) electrons. The first kappa shape index (κ1) is 11.1. The molecule has 0 N–H and O–H groups in total. The van der Waals surface area contributed by atoms with E-state index in [1.807, 2.05) is 42.5 Å². The van der Waals surface area contributed by atoms with Crippen molar-refractivity contribution < 1.29 is 8.78 Å². The van der Waals surface area contributed by atoms with Gasteiger partial charge in [0.05, 0.1) is 0 Å². The molecule has 2 heteroatoms. The predicted molar refractivity (Wildman–Crippen MR) is 71.6 cm³/mol. The summed E-state index contributed by atoms with van der Waals surface area (Å²) < 4.78 is 25.1. The molecule has 90 valence electrons. The molecule has 0 atom stereocenters. The van der Waals surface area contributed by atoms with Gasteiger partial charge in [-0.3, -0.25) is 0 Å². The van der Waals surface area contributed by atoms with Crippen LogP contribution >= 0.6 is 0 Å². The van der Waals surface area contributed by atoms with E-state index >= 15 is 0 Å². The Labute approximate surface area is 104 Å². The minimum absolute atomic E-state index is 0.579. The van der Waals surface area contributed by atoms with E-state index in [9.17, 15) is 8.78 Å². The third-order valence-electron chi connectivity index (χ3n) is 3.23. The highest BCUT2D eigenvalue weighted by Crippen LogP contribution is 2.32. The Morgan fingerprint density at radius 2 is 1.78 bits per heavy atom. The molecule has 1 aliphatic carbocycles. The van der Waals surface area contributed by atoms with E-state index < -0.39 is 6.43 Å². The summed E-state index contributed by atoms with van der Waals surface area (Å²) in [4.78, 5) is 0. The lowest BCUT2D eigenvalue weighted by atomic mass is 9.89. The minimum atomic E-state index is -2.40. The lowest BCUT2D eigenvalue weighted by Gasteiger charge is -2.15. The van der Waals surface area contributed by atoms with Crippen molar-refractivity contribution in [2.24, 2.45) is 0 Å². The molecule has 18 heavy (non-hydrogen) atoms. The standard InChI is InChI=1S/C16H12F2/c17-16(18)10-14-7-3-6-13-8-11-4-1-2-5-12(11)9-15(13)14/h1-6,8-10,16H,7H2. The lowest BCUT2D eigenvalue weighted by Crippen LogP contribution is -1.96. The van der Waals surface area contributed by atoms with E-state index in [1.165, 1.54) is 0 Å². The number of rotatable bonds is 1. The van der Waals surface area contributed by atoms with Gasteiger partial charge in [0.1, 0.15) is 0 Å². The van der Waals surface area contributed by atoms with Crippen molar-refractivity contribution in [3.63, 3.8) is 0 Å². The first-order chi connectivity index (χ1) is 8.74. The fourth-order valence-electron chi connectivity index (χ4n) is 2.41. The van der Waals surface area contributed by atoms with Gasteiger partial charge in [0, 0.05) is 0 Å². The molecule has 0 saturated carbocycles. The smallest absolute Gasteiger partial charge is 0.206 e. The van der Waals surface area contributed by atoms with E-state index in [0.717, 1.165) is 28.0 Å². The molecule has 0 fully saturated rings. The first-order valence-corrected chi connectivity index (χ1v) is 5.92. The SMILES string of the molecule is FC(F)C=C1CC=Cc2cc3ccccc3cc21. The molecule has 0 nitrogen and oxygen atoms in total. The van der Waals surface area contributed by atoms with Crippen LogP contribution in [0.2, 0.25) is 0 Å². The average Bonchev–Trinajstić information content (AvgIpc) is 2.36. The highest BCUT2D eigenvalue weighted by Gasteiger charge is 2.12. The lowest BCUT2D eigenvalue weighted by molar-refractivity contribution is 0.204. The molecular weight excluding hydrogens is 230 g/mol. The number of fused-ring (bicyclic) bond motifs is 2. The van der Waals surface area contributed by atoms with Crippen LogP contribution in [0.15, 0.2) is 48.6 Å². The van der Waals surface area contributed by atoms with Crippen LogP contribution in [0.1, 0.15) is 17.5 Å². The van der Waals surface area contributed by atoms with Crippen LogP contribution in [-0.4, -0.2) is 6.43 Å². The van der Waals surface area contributed by atoms with Crippen LogP contribution in [0.3, 0.4) is 0 Å². The zero-order valence-electron chi connectivity index (χ0n) is 9.74. The molecule has 0 unspecified atom stereocenters. The summed E-state index contributed by atoms with van der Waals surface area (Å²) in [6.45, 7) is 0. The normalized spacial score (nSPS) is 16.5. The number of hydrogen-bond donors (Lipinski definition) is 0. The van der Waals surface area contributed by atoms with Crippen molar-refractivity contribution in [2.75, 3.05) is 0 Å². The molecule has 0 saturated heterocycles. The van der Waals surface area contributed by atoms with Gasteiger partial charge >= 0.3 is 0 Å². The Kier molecular flexibility index (Phi) is 2.71. The van der Waals surface area contributed by atoms with Crippen LogP contribution in [0, 0.1) is 0 Å². The Hall–Kier alpha value is -1.96. The van der Waals surface area contributed by atoms with Crippen molar-refractivity contribution in [3.05, 3.63) is 59.7 Å². The number of alkyl halides is 2. The molecule has 0 bridgehead atoms. The van der Waals surface area contributed by atoms with Crippen molar-refractivity contribution in [1.29, 1.82) is 0 Å². The Balaban J connectivity index is 2.23. The molecule has 2 aromatic rings. The van der Waals surface area contributed by atoms with Gasteiger partial charge in [0.15, 0.2) is 0 Å². The molecule has 0 amide bonds. The van der Waals surface area contributed by atoms with Crippen molar-refractivity contribution in [2.45, 2.75) is 12.8 Å². The number of allylic oxidation sites excluding steroid dienone is 3. The van der Waals surface area contributed by atoms with Crippen molar-refractivity contribution >= 4 is 22.4 Å². The monoisotopic (exact) mass is 242 g/mol. The van der Waals surface area contributed by atoms with Crippen LogP contribution in [0.5, 0.6) is 0 Å². The largest absolute Gasteiger partial charge is 0.257 e. The topological polar surface area (TPSA) is 0 Å². The van der Waals surface area contributed by atoms with Crippen LogP contribution in [0.25, 0.3) is 22.4 Å².